The van der Waals surface area contributed by atoms with Gasteiger partial charge < -0.3 is 15.7 Å². The molecule has 0 saturated carbocycles. The average Bonchev–Trinajstić information content (AvgIpc) is 2.80. The number of aliphatic hydroxyl groups is 1. The number of rotatable bonds is 4. The summed E-state index contributed by atoms with van der Waals surface area (Å²) >= 11 is 7.47. The van der Waals surface area contributed by atoms with Crippen molar-refractivity contribution in [2.75, 3.05) is 11.4 Å². The van der Waals surface area contributed by atoms with Gasteiger partial charge in [-0.3, -0.25) is 9.21 Å². The van der Waals surface area contributed by atoms with Crippen molar-refractivity contribution in [1.29, 1.82) is 0 Å². The lowest BCUT2D eigenvalue weighted by Crippen LogP contribution is -2.31. The smallest absolute Gasteiger partial charge is 0.223 e. The Morgan fingerprint density at radius 1 is 1.52 bits per heavy atom. The van der Waals surface area contributed by atoms with E-state index in [0.717, 1.165) is 17.7 Å². The summed E-state index contributed by atoms with van der Waals surface area (Å²) < 4.78 is 1.29. The van der Waals surface area contributed by atoms with Gasteiger partial charge >= 0.3 is 0 Å². The Morgan fingerprint density at radius 2 is 2.17 bits per heavy atom. The minimum atomic E-state index is -1.16. The lowest BCUT2D eigenvalue weighted by molar-refractivity contribution is -0.116. The van der Waals surface area contributed by atoms with Gasteiger partial charge in [0.2, 0.25) is 5.91 Å². The first kappa shape index (κ1) is 17.9. The van der Waals surface area contributed by atoms with Crippen LogP contribution in [0.4, 0.5) is 5.69 Å². The Hall–Kier alpha value is -1.41. The molecule has 0 fully saturated rings. The molecular formula is C15H21ClN4O2S. The Balaban J connectivity index is 2.25. The van der Waals surface area contributed by atoms with Crippen LogP contribution in [0, 0.1) is 0 Å². The molecule has 1 heterocycles. The Kier molecular flexibility index (Phi) is 5.15. The maximum atomic E-state index is 11.7. The summed E-state index contributed by atoms with van der Waals surface area (Å²) in [5.74, 6) is 5.90. The first-order valence-corrected chi connectivity index (χ1v) is 8.27. The van der Waals surface area contributed by atoms with E-state index in [2.05, 4.69) is 0 Å². The van der Waals surface area contributed by atoms with Crippen LogP contribution in [0.15, 0.2) is 28.9 Å². The molecule has 1 aromatic carbocycles. The molecular weight excluding hydrogens is 336 g/mol. The third-order valence-electron chi connectivity index (χ3n) is 3.59. The number of nitrogens with zero attached hydrogens (tertiary/aromatic N) is 2. The van der Waals surface area contributed by atoms with E-state index in [4.69, 9.17) is 23.2 Å². The van der Waals surface area contributed by atoms with Crippen molar-refractivity contribution in [2.24, 2.45) is 11.6 Å². The molecule has 0 aliphatic carbocycles. The van der Waals surface area contributed by atoms with E-state index in [1.807, 2.05) is 12.1 Å². The number of nitrogens with two attached hydrogens (primary N) is 2. The molecule has 0 bridgehead atoms. The summed E-state index contributed by atoms with van der Waals surface area (Å²) in [7, 11) is 0. The van der Waals surface area contributed by atoms with Crippen LogP contribution >= 0.6 is 23.5 Å². The number of amides is 1. The van der Waals surface area contributed by atoms with Crippen LogP contribution in [0.25, 0.3) is 0 Å². The number of benzene rings is 1. The summed E-state index contributed by atoms with van der Waals surface area (Å²) in [6.07, 6.45) is 2.23. The normalized spacial score (nSPS) is 14.9. The molecule has 1 amide bonds. The number of anilines is 1. The summed E-state index contributed by atoms with van der Waals surface area (Å²) in [6.45, 7) is 5.35. The van der Waals surface area contributed by atoms with Crippen LogP contribution in [-0.4, -0.2) is 27.6 Å². The maximum Gasteiger partial charge on any atom is 0.223 e. The number of fused-ring (bicyclic) bond motifs is 1. The molecule has 23 heavy (non-hydrogen) atoms. The molecule has 1 aromatic rings. The third-order valence-corrected chi connectivity index (χ3v) is 4.86. The Bertz CT molecular complexity index is 658. The highest BCUT2D eigenvalue weighted by atomic mass is 35.5. The average molecular weight is 357 g/mol. The molecule has 126 valence electrons. The van der Waals surface area contributed by atoms with E-state index in [0.29, 0.717) is 16.5 Å². The number of hydrogen-bond acceptors (Lipinski definition) is 6. The minimum absolute atomic E-state index is 0.00204. The van der Waals surface area contributed by atoms with E-state index in [9.17, 15) is 9.90 Å². The van der Waals surface area contributed by atoms with Crippen LogP contribution < -0.4 is 16.5 Å². The predicted octanol–water partition coefficient (Wildman–Crippen LogP) is 2.00. The second-order valence-electron chi connectivity index (χ2n) is 5.93. The second-order valence-corrected chi connectivity index (χ2v) is 7.38. The number of hydrazine groups is 1. The van der Waals surface area contributed by atoms with Gasteiger partial charge in [-0.05, 0) is 38.0 Å². The first-order valence-electron chi connectivity index (χ1n) is 7.12. The molecule has 1 aliphatic heterocycles. The van der Waals surface area contributed by atoms with Crippen molar-refractivity contribution in [3.8, 4) is 0 Å². The highest BCUT2D eigenvalue weighted by Crippen LogP contribution is 2.38. The van der Waals surface area contributed by atoms with E-state index >= 15 is 0 Å². The zero-order valence-electron chi connectivity index (χ0n) is 13.3. The van der Waals surface area contributed by atoms with Gasteiger partial charge in [-0.1, -0.05) is 11.6 Å². The highest BCUT2D eigenvalue weighted by molar-refractivity contribution is 7.97. The number of carbonyl (C=O) groups is 1. The molecule has 2 rings (SSSR count). The fourth-order valence-electron chi connectivity index (χ4n) is 2.22. The van der Waals surface area contributed by atoms with Crippen molar-refractivity contribution in [3.05, 3.63) is 34.6 Å². The van der Waals surface area contributed by atoms with Gasteiger partial charge in [0.25, 0.3) is 0 Å². The number of hydrogen-bond donors (Lipinski definition) is 3. The molecule has 8 heteroatoms. The van der Waals surface area contributed by atoms with Crippen molar-refractivity contribution < 1.29 is 9.90 Å². The van der Waals surface area contributed by atoms with Crippen LogP contribution in [0.2, 0.25) is 5.02 Å². The first-order chi connectivity index (χ1) is 10.6. The molecule has 1 aliphatic rings. The SMILES string of the molecule is CC(=O)N1CCc2cc(Cl)c(SN(N)/C=C(\N)C(C)(C)O)cc21. The zero-order chi connectivity index (χ0) is 17.4. The molecule has 0 saturated heterocycles. The highest BCUT2D eigenvalue weighted by Gasteiger charge is 2.24. The van der Waals surface area contributed by atoms with Crippen LogP contribution in [0.1, 0.15) is 26.3 Å². The summed E-state index contributed by atoms with van der Waals surface area (Å²) in [5, 5.41) is 10.4. The number of carbonyl (C=O) groups excluding carboxylic acids is 1. The van der Waals surface area contributed by atoms with Crippen molar-refractivity contribution in [2.45, 2.75) is 37.7 Å². The predicted molar refractivity (Wildman–Crippen MR) is 93.6 cm³/mol. The van der Waals surface area contributed by atoms with Gasteiger partial charge in [-0.15, -0.1) is 0 Å². The van der Waals surface area contributed by atoms with Gasteiger partial charge in [-0.2, -0.15) is 0 Å². The van der Waals surface area contributed by atoms with Gasteiger partial charge in [0.1, 0.15) is 0 Å². The molecule has 6 nitrogen and oxygen atoms in total. The van der Waals surface area contributed by atoms with E-state index < -0.39 is 5.60 Å². The molecule has 0 unspecified atom stereocenters. The monoisotopic (exact) mass is 356 g/mol. The Morgan fingerprint density at radius 3 is 2.74 bits per heavy atom. The molecule has 0 spiro atoms. The van der Waals surface area contributed by atoms with Gasteiger partial charge in [0.15, 0.2) is 0 Å². The number of halogens is 1. The molecule has 0 radical (unpaired) electrons. The van der Waals surface area contributed by atoms with Gasteiger partial charge in [0, 0.05) is 31.1 Å². The Labute approximate surface area is 145 Å². The summed E-state index contributed by atoms with van der Waals surface area (Å²) in [5.41, 5.74) is 6.76. The fourth-order valence-corrected chi connectivity index (χ4v) is 3.21. The topological polar surface area (TPSA) is 95.8 Å². The lowest BCUT2D eigenvalue weighted by atomic mass is 10.1. The van der Waals surface area contributed by atoms with E-state index in [1.54, 1.807) is 25.7 Å². The standard InChI is InChI=1S/C15H21ClN4O2S/c1-9(21)19-5-4-10-6-11(16)13(7-12(10)19)23-20(18)8-14(17)15(2,3)22/h6-8,22H,4-5,17-18H2,1-3H3/b14-8-. The molecule has 0 aromatic heterocycles. The fraction of sp³-hybridized carbons (Fsp3) is 0.400. The maximum absolute atomic E-state index is 11.7. The van der Waals surface area contributed by atoms with Gasteiger partial charge in [0.05, 0.1) is 27.4 Å². The molecule has 0 atom stereocenters. The second kappa shape index (κ2) is 6.60. The van der Waals surface area contributed by atoms with E-state index in [1.165, 1.54) is 22.6 Å². The van der Waals surface area contributed by atoms with Crippen LogP contribution in [0.5, 0.6) is 0 Å². The van der Waals surface area contributed by atoms with Crippen molar-refractivity contribution >= 4 is 35.1 Å². The quantitative estimate of drug-likeness (QED) is 0.434. The largest absolute Gasteiger partial charge is 0.398 e. The van der Waals surface area contributed by atoms with Crippen molar-refractivity contribution in [1.82, 2.24) is 4.41 Å². The zero-order valence-corrected chi connectivity index (χ0v) is 14.9. The minimum Gasteiger partial charge on any atom is -0.398 e. The van der Waals surface area contributed by atoms with Gasteiger partial charge in [-0.25, -0.2) is 5.84 Å². The van der Waals surface area contributed by atoms with E-state index in [-0.39, 0.29) is 11.6 Å². The molecule has 5 N–H and O–H groups in total. The van der Waals surface area contributed by atoms with Crippen LogP contribution in [0.3, 0.4) is 0 Å². The lowest BCUT2D eigenvalue weighted by Gasteiger charge is -2.21. The summed E-state index contributed by atoms with van der Waals surface area (Å²) in [4.78, 5) is 14.1. The van der Waals surface area contributed by atoms with Crippen molar-refractivity contribution in [3.63, 3.8) is 0 Å². The summed E-state index contributed by atoms with van der Waals surface area (Å²) in [6, 6.07) is 3.71. The third kappa shape index (κ3) is 4.11. The van der Waals surface area contributed by atoms with Crippen LogP contribution in [-0.2, 0) is 11.2 Å².